The molecule has 0 saturated heterocycles. The number of nitrogens with zero attached hydrogens (tertiary/aromatic N) is 4. The molecule has 6 nitrogen and oxygen atoms in total. The first-order valence-electron chi connectivity index (χ1n) is 9.26. The largest absolute Gasteiger partial charge is 0.435 e. The molecular weight excluding hydrogens is 472 g/mol. The molecule has 166 valence electrons. The normalized spacial score (nSPS) is 11.5. The molecule has 0 aliphatic heterocycles. The third-order valence-electron chi connectivity index (χ3n) is 4.37. The first kappa shape index (κ1) is 23.4. The van der Waals surface area contributed by atoms with Gasteiger partial charge in [0.05, 0.1) is 6.54 Å². The molecule has 0 amide bonds. The first-order chi connectivity index (χ1) is 14.6. The molecule has 2 heterocycles. The molecule has 1 aromatic carbocycles. The molecule has 31 heavy (non-hydrogen) atoms. The SMILES string of the molecule is Cc1cc(C(F)(F)F)nn1CCCNC(=S)Nc1ccn(Cc2c(Cl)cccc2Cl)n1. The van der Waals surface area contributed by atoms with Crippen LogP contribution in [0.25, 0.3) is 0 Å². The van der Waals surface area contributed by atoms with Crippen LogP contribution in [0, 0.1) is 6.92 Å². The minimum Gasteiger partial charge on any atom is -0.362 e. The molecule has 3 aromatic rings. The Morgan fingerprint density at radius 2 is 1.87 bits per heavy atom. The summed E-state index contributed by atoms with van der Waals surface area (Å²) < 4.78 is 41.1. The summed E-state index contributed by atoms with van der Waals surface area (Å²) in [4.78, 5) is 0. The van der Waals surface area contributed by atoms with Gasteiger partial charge in [0, 0.05) is 46.7 Å². The maximum atomic E-state index is 12.7. The van der Waals surface area contributed by atoms with Gasteiger partial charge in [0.2, 0.25) is 0 Å². The lowest BCUT2D eigenvalue weighted by Gasteiger charge is -2.10. The van der Waals surface area contributed by atoms with Crippen molar-refractivity contribution in [2.45, 2.75) is 32.6 Å². The zero-order valence-electron chi connectivity index (χ0n) is 16.4. The van der Waals surface area contributed by atoms with E-state index in [1.54, 1.807) is 42.1 Å². The van der Waals surface area contributed by atoms with Gasteiger partial charge in [-0.2, -0.15) is 23.4 Å². The number of nitrogens with one attached hydrogen (secondary N) is 2. The van der Waals surface area contributed by atoms with Crippen molar-refractivity contribution < 1.29 is 13.2 Å². The average Bonchev–Trinajstić information content (AvgIpc) is 3.28. The molecule has 0 aliphatic carbocycles. The van der Waals surface area contributed by atoms with E-state index in [1.165, 1.54) is 4.68 Å². The van der Waals surface area contributed by atoms with Gasteiger partial charge in [-0.3, -0.25) is 9.36 Å². The van der Waals surface area contributed by atoms with Crippen molar-refractivity contribution in [3.05, 3.63) is 63.5 Å². The van der Waals surface area contributed by atoms with Crippen molar-refractivity contribution >= 4 is 46.4 Å². The maximum absolute atomic E-state index is 12.7. The summed E-state index contributed by atoms with van der Waals surface area (Å²) in [5, 5.41) is 15.4. The molecule has 0 atom stereocenters. The summed E-state index contributed by atoms with van der Waals surface area (Å²) in [6.45, 7) is 2.80. The van der Waals surface area contributed by atoms with Gasteiger partial charge < -0.3 is 10.6 Å². The predicted molar refractivity (Wildman–Crippen MR) is 119 cm³/mol. The van der Waals surface area contributed by atoms with Gasteiger partial charge >= 0.3 is 6.18 Å². The van der Waals surface area contributed by atoms with Crippen molar-refractivity contribution in [1.82, 2.24) is 24.9 Å². The number of alkyl halides is 3. The van der Waals surface area contributed by atoms with E-state index in [-0.39, 0.29) is 0 Å². The van der Waals surface area contributed by atoms with Crippen molar-refractivity contribution in [3.63, 3.8) is 0 Å². The molecule has 0 bridgehead atoms. The van der Waals surface area contributed by atoms with Gasteiger partial charge in [-0.1, -0.05) is 29.3 Å². The number of aromatic nitrogens is 4. The van der Waals surface area contributed by atoms with Crippen LogP contribution in [0.1, 0.15) is 23.4 Å². The van der Waals surface area contributed by atoms with E-state index in [0.29, 0.717) is 52.7 Å². The lowest BCUT2D eigenvalue weighted by Crippen LogP contribution is -2.30. The zero-order chi connectivity index (χ0) is 22.6. The van der Waals surface area contributed by atoms with Crippen LogP contribution in [0.2, 0.25) is 10.0 Å². The summed E-state index contributed by atoms with van der Waals surface area (Å²) in [6.07, 6.45) is -2.13. The summed E-state index contributed by atoms with van der Waals surface area (Å²) in [6, 6.07) is 8.09. The van der Waals surface area contributed by atoms with Crippen LogP contribution >= 0.6 is 35.4 Å². The van der Waals surface area contributed by atoms with Crippen LogP contribution in [-0.4, -0.2) is 31.2 Å². The number of aryl methyl sites for hydroxylation is 2. The van der Waals surface area contributed by atoms with Crippen molar-refractivity contribution in [2.75, 3.05) is 11.9 Å². The lowest BCUT2D eigenvalue weighted by molar-refractivity contribution is -0.141. The highest BCUT2D eigenvalue weighted by molar-refractivity contribution is 7.80. The summed E-state index contributed by atoms with van der Waals surface area (Å²) in [5.41, 5.74) is 0.338. The van der Waals surface area contributed by atoms with Gasteiger partial charge in [-0.15, -0.1) is 0 Å². The Hall–Kier alpha value is -2.30. The van der Waals surface area contributed by atoms with Crippen molar-refractivity contribution in [1.29, 1.82) is 0 Å². The second-order valence-corrected chi connectivity index (χ2v) is 7.95. The van der Waals surface area contributed by atoms with Gasteiger partial charge in [0.1, 0.15) is 0 Å². The van der Waals surface area contributed by atoms with Gasteiger partial charge in [-0.05, 0) is 43.8 Å². The van der Waals surface area contributed by atoms with E-state index in [1.807, 2.05) is 0 Å². The smallest absolute Gasteiger partial charge is 0.362 e. The Morgan fingerprint density at radius 1 is 1.16 bits per heavy atom. The molecule has 0 fully saturated rings. The molecule has 0 unspecified atom stereocenters. The minimum atomic E-state index is -4.44. The van der Waals surface area contributed by atoms with Crippen molar-refractivity contribution in [3.8, 4) is 0 Å². The van der Waals surface area contributed by atoms with Crippen LogP contribution in [0.4, 0.5) is 19.0 Å². The number of halogens is 5. The molecular formula is C19H19Cl2F3N6S. The van der Waals surface area contributed by atoms with E-state index in [4.69, 9.17) is 35.4 Å². The summed E-state index contributed by atoms with van der Waals surface area (Å²) in [7, 11) is 0. The minimum absolute atomic E-state index is 0.338. The fourth-order valence-corrected chi connectivity index (χ4v) is 3.55. The van der Waals surface area contributed by atoms with Crippen LogP contribution in [0.5, 0.6) is 0 Å². The highest BCUT2D eigenvalue weighted by Crippen LogP contribution is 2.28. The Bertz CT molecular complexity index is 1040. The second-order valence-electron chi connectivity index (χ2n) is 6.73. The summed E-state index contributed by atoms with van der Waals surface area (Å²) >= 11 is 17.6. The molecule has 2 N–H and O–H groups in total. The molecule has 0 saturated carbocycles. The Kier molecular flexibility index (Phi) is 7.45. The van der Waals surface area contributed by atoms with E-state index in [2.05, 4.69) is 20.8 Å². The number of anilines is 1. The Morgan fingerprint density at radius 3 is 2.52 bits per heavy atom. The zero-order valence-corrected chi connectivity index (χ0v) is 18.7. The Labute approximate surface area is 192 Å². The van der Waals surface area contributed by atoms with Crippen molar-refractivity contribution in [2.24, 2.45) is 0 Å². The molecule has 12 heteroatoms. The second kappa shape index (κ2) is 9.88. The van der Waals surface area contributed by atoms with E-state index in [0.717, 1.165) is 11.6 Å². The highest BCUT2D eigenvalue weighted by Gasteiger charge is 2.34. The number of benzene rings is 1. The van der Waals surface area contributed by atoms with Gasteiger partial charge in [0.15, 0.2) is 16.6 Å². The van der Waals surface area contributed by atoms with Crippen LogP contribution in [0.15, 0.2) is 36.5 Å². The Balaban J connectivity index is 1.45. The quantitative estimate of drug-likeness (QED) is 0.354. The lowest BCUT2D eigenvalue weighted by atomic mass is 10.2. The average molecular weight is 491 g/mol. The standard InChI is InChI=1S/C19H19Cl2F3N6S/c1-12-10-16(19(22,23)24)27-30(12)8-3-7-25-18(31)26-17-6-9-29(28-17)11-13-14(20)4-2-5-15(13)21/h2,4-6,9-10H,3,7-8,11H2,1H3,(H2,25,26,28,31). The molecule has 2 aromatic heterocycles. The van der Waals surface area contributed by atoms with Crippen LogP contribution in [0.3, 0.4) is 0 Å². The van der Waals surface area contributed by atoms with Gasteiger partial charge in [0.25, 0.3) is 0 Å². The van der Waals surface area contributed by atoms with E-state index in [9.17, 15) is 13.2 Å². The van der Waals surface area contributed by atoms with E-state index < -0.39 is 11.9 Å². The maximum Gasteiger partial charge on any atom is 0.435 e. The highest BCUT2D eigenvalue weighted by atomic mass is 35.5. The van der Waals surface area contributed by atoms with Crippen LogP contribution < -0.4 is 10.6 Å². The predicted octanol–water partition coefficient (Wildman–Crippen LogP) is 5.14. The third-order valence-corrected chi connectivity index (χ3v) is 5.32. The monoisotopic (exact) mass is 490 g/mol. The number of hydrogen-bond acceptors (Lipinski definition) is 3. The molecule has 0 aliphatic rings. The third kappa shape index (κ3) is 6.34. The fraction of sp³-hybridized carbons (Fsp3) is 0.316. The molecule has 0 radical (unpaired) electrons. The summed E-state index contributed by atoms with van der Waals surface area (Å²) in [5.74, 6) is 0.540. The van der Waals surface area contributed by atoms with E-state index >= 15 is 0 Å². The number of rotatable bonds is 7. The molecule has 3 rings (SSSR count). The topological polar surface area (TPSA) is 59.7 Å². The number of hydrogen-bond donors (Lipinski definition) is 2. The first-order valence-corrected chi connectivity index (χ1v) is 10.4. The van der Waals surface area contributed by atoms with Crippen LogP contribution in [-0.2, 0) is 19.3 Å². The molecule has 0 spiro atoms. The van der Waals surface area contributed by atoms with Gasteiger partial charge in [-0.25, -0.2) is 0 Å². The fourth-order valence-electron chi connectivity index (χ4n) is 2.83. The number of thiocarbonyl (C=S) groups is 1.